The first-order chi connectivity index (χ1) is 4.75. The van der Waals surface area contributed by atoms with Gasteiger partial charge in [0.2, 0.25) is 0 Å². The highest BCUT2D eigenvalue weighted by Gasteiger charge is 2.09. The van der Waals surface area contributed by atoms with Crippen LogP contribution < -0.4 is 5.73 Å². The number of halogens is 1. The van der Waals surface area contributed by atoms with E-state index in [0.717, 1.165) is 0 Å². The Bertz CT molecular complexity index is 231. The Kier molecular flexibility index (Phi) is 1.87. The van der Waals surface area contributed by atoms with Gasteiger partial charge >= 0.3 is 0 Å². The largest absolute Gasteiger partial charge is 0.439 e. The van der Waals surface area contributed by atoms with E-state index < -0.39 is 12.1 Å². The predicted molar refractivity (Wildman–Crippen MR) is 35.8 cm³/mol. The van der Waals surface area contributed by atoms with Gasteiger partial charge in [-0.1, -0.05) is 6.08 Å². The molecule has 3 heteroatoms. The summed E-state index contributed by atoms with van der Waals surface area (Å²) < 4.78 is 16.9. The fraction of sp³-hybridized carbons (Fsp3) is 0.143. The van der Waals surface area contributed by atoms with Crippen LogP contribution in [0, 0.1) is 6.01 Å². The molecule has 1 heterocycles. The molecule has 0 fully saturated rings. The average Bonchev–Trinajstić information content (AvgIpc) is 2.34. The van der Waals surface area contributed by atoms with Gasteiger partial charge in [0.25, 0.3) is 6.01 Å². The Morgan fingerprint density at radius 2 is 2.50 bits per heavy atom. The maximum Gasteiger partial charge on any atom is 0.282 e. The first-order valence-electron chi connectivity index (χ1n) is 2.86. The Hall–Kier alpha value is -1.09. The minimum Gasteiger partial charge on any atom is -0.439 e. The molecule has 0 spiro atoms. The van der Waals surface area contributed by atoms with Crippen molar-refractivity contribution >= 4 is 0 Å². The van der Waals surface area contributed by atoms with Crippen molar-refractivity contribution in [2.24, 2.45) is 5.73 Å². The molecule has 1 rings (SSSR count). The number of hydrogen-bond donors (Lipinski definition) is 1. The molecule has 1 atom stereocenters. The van der Waals surface area contributed by atoms with Gasteiger partial charge in [-0.25, -0.2) is 0 Å². The van der Waals surface area contributed by atoms with Crippen LogP contribution in [-0.2, 0) is 0 Å². The SMILES string of the molecule is C=C[C@@H](N)c1ccoc1F. The predicted octanol–water partition coefficient (Wildman–Crippen LogP) is 1.60. The zero-order chi connectivity index (χ0) is 7.56. The van der Waals surface area contributed by atoms with E-state index in [1.165, 1.54) is 18.4 Å². The fourth-order valence-corrected chi connectivity index (χ4v) is 0.670. The molecule has 1 aromatic rings. The standard InChI is InChI=1S/C7H8FNO/c1-2-6(9)5-3-4-10-7(5)8/h2-4,6H,1,9H2/t6-/m1/s1. The topological polar surface area (TPSA) is 39.2 Å². The summed E-state index contributed by atoms with van der Waals surface area (Å²) in [7, 11) is 0. The normalized spacial score (nSPS) is 13.0. The van der Waals surface area contributed by atoms with E-state index in [0.29, 0.717) is 5.56 Å². The van der Waals surface area contributed by atoms with Gasteiger partial charge in [0, 0.05) is 5.56 Å². The van der Waals surface area contributed by atoms with Crippen LogP contribution in [0.15, 0.2) is 29.4 Å². The van der Waals surface area contributed by atoms with Crippen molar-refractivity contribution in [1.29, 1.82) is 0 Å². The third kappa shape index (κ3) is 1.09. The highest BCUT2D eigenvalue weighted by Crippen LogP contribution is 2.15. The molecule has 0 bridgehead atoms. The highest BCUT2D eigenvalue weighted by atomic mass is 19.1. The lowest BCUT2D eigenvalue weighted by Crippen LogP contribution is -2.06. The lowest BCUT2D eigenvalue weighted by molar-refractivity contribution is 0.351. The molecule has 0 amide bonds. The molecule has 2 nitrogen and oxygen atoms in total. The maximum atomic E-state index is 12.5. The molecule has 1 aromatic heterocycles. The quantitative estimate of drug-likeness (QED) is 0.635. The summed E-state index contributed by atoms with van der Waals surface area (Å²) in [6.45, 7) is 3.42. The molecule has 54 valence electrons. The van der Waals surface area contributed by atoms with Crippen molar-refractivity contribution in [3.05, 3.63) is 36.6 Å². The molecule has 0 saturated carbocycles. The van der Waals surface area contributed by atoms with Gasteiger partial charge in [0.05, 0.1) is 12.3 Å². The summed E-state index contributed by atoms with van der Waals surface area (Å²) in [6.07, 6.45) is 2.71. The number of furan rings is 1. The summed E-state index contributed by atoms with van der Waals surface area (Å²) in [5, 5.41) is 0. The second kappa shape index (κ2) is 2.66. The molecule has 0 saturated heterocycles. The second-order valence-electron chi connectivity index (χ2n) is 1.91. The van der Waals surface area contributed by atoms with Crippen LogP contribution in [0.2, 0.25) is 0 Å². The Morgan fingerprint density at radius 1 is 1.80 bits per heavy atom. The van der Waals surface area contributed by atoms with E-state index in [9.17, 15) is 4.39 Å². The summed E-state index contributed by atoms with van der Waals surface area (Å²) in [4.78, 5) is 0. The fourth-order valence-electron chi connectivity index (χ4n) is 0.670. The third-order valence-corrected chi connectivity index (χ3v) is 1.26. The van der Waals surface area contributed by atoms with Crippen LogP contribution in [0.25, 0.3) is 0 Å². The van der Waals surface area contributed by atoms with Crippen molar-refractivity contribution in [3.8, 4) is 0 Å². The zero-order valence-corrected chi connectivity index (χ0v) is 5.38. The number of rotatable bonds is 2. The van der Waals surface area contributed by atoms with Gasteiger partial charge < -0.3 is 10.2 Å². The van der Waals surface area contributed by atoms with Crippen LogP contribution in [0.4, 0.5) is 4.39 Å². The minimum absolute atomic E-state index is 0.343. The molecule has 2 N–H and O–H groups in total. The smallest absolute Gasteiger partial charge is 0.282 e. The monoisotopic (exact) mass is 141 g/mol. The van der Waals surface area contributed by atoms with Crippen molar-refractivity contribution in [2.45, 2.75) is 6.04 Å². The molecule has 0 radical (unpaired) electrons. The molecular weight excluding hydrogens is 133 g/mol. The highest BCUT2D eigenvalue weighted by molar-refractivity contribution is 5.17. The molecule has 0 aliphatic heterocycles. The van der Waals surface area contributed by atoms with E-state index in [4.69, 9.17) is 5.73 Å². The van der Waals surface area contributed by atoms with Gasteiger partial charge in [-0.05, 0) is 6.07 Å². The zero-order valence-electron chi connectivity index (χ0n) is 5.38. The average molecular weight is 141 g/mol. The molecule has 0 aliphatic rings. The van der Waals surface area contributed by atoms with Gasteiger partial charge in [-0.3, -0.25) is 0 Å². The molecule has 10 heavy (non-hydrogen) atoms. The third-order valence-electron chi connectivity index (χ3n) is 1.26. The van der Waals surface area contributed by atoms with E-state index >= 15 is 0 Å². The van der Waals surface area contributed by atoms with Crippen LogP contribution >= 0.6 is 0 Å². The number of hydrogen-bond acceptors (Lipinski definition) is 2. The van der Waals surface area contributed by atoms with Gasteiger partial charge in [0.15, 0.2) is 0 Å². The Morgan fingerprint density at radius 3 is 2.90 bits per heavy atom. The van der Waals surface area contributed by atoms with E-state index in [1.807, 2.05) is 0 Å². The molecule has 0 aliphatic carbocycles. The Labute approximate surface area is 58.1 Å². The summed E-state index contributed by atoms with van der Waals surface area (Å²) in [5.74, 6) is 0. The molecular formula is C7H8FNO. The van der Waals surface area contributed by atoms with Crippen LogP contribution in [0.5, 0.6) is 0 Å². The first kappa shape index (κ1) is 7.02. The Balaban J connectivity index is 2.92. The molecule has 0 unspecified atom stereocenters. The van der Waals surface area contributed by atoms with Gasteiger partial charge in [0.1, 0.15) is 0 Å². The van der Waals surface area contributed by atoms with E-state index in [2.05, 4.69) is 11.0 Å². The van der Waals surface area contributed by atoms with Crippen molar-refractivity contribution in [3.63, 3.8) is 0 Å². The van der Waals surface area contributed by atoms with E-state index in [-0.39, 0.29) is 0 Å². The first-order valence-corrected chi connectivity index (χ1v) is 2.86. The number of nitrogens with two attached hydrogens (primary N) is 1. The van der Waals surface area contributed by atoms with Crippen LogP contribution in [0.1, 0.15) is 11.6 Å². The van der Waals surface area contributed by atoms with E-state index in [1.54, 1.807) is 0 Å². The van der Waals surface area contributed by atoms with Crippen molar-refractivity contribution < 1.29 is 8.81 Å². The lowest BCUT2D eigenvalue weighted by Gasteiger charge is -1.99. The van der Waals surface area contributed by atoms with Crippen LogP contribution in [0.3, 0.4) is 0 Å². The van der Waals surface area contributed by atoms with Crippen molar-refractivity contribution in [2.75, 3.05) is 0 Å². The van der Waals surface area contributed by atoms with Crippen LogP contribution in [-0.4, -0.2) is 0 Å². The van der Waals surface area contributed by atoms with Crippen molar-refractivity contribution in [1.82, 2.24) is 0 Å². The lowest BCUT2D eigenvalue weighted by atomic mass is 10.2. The second-order valence-corrected chi connectivity index (χ2v) is 1.91. The van der Waals surface area contributed by atoms with Gasteiger partial charge in [-0.2, -0.15) is 4.39 Å². The summed E-state index contributed by atoms with van der Waals surface area (Å²) in [5.41, 5.74) is 5.76. The molecule has 0 aromatic carbocycles. The minimum atomic E-state index is -0.632. The maximum absolute atomic E-state index is 12.5. The summed E-state index contributed by atoms with van der Waals surface area (Å²) >= 11 is 0. The summed E-state index contributed by atoms with van der Waals surface area (Å²) in [6, 6.07) is 0.382. The van der Waals surface area contributed by atoms with Gasteiger partial charge in [-0.15, -0.1) is 6.58 Å².